The highest BCUT2D eigenvalue weighted by molar-refractivity contribution is 6.42. The van der Waals surface area contributed by atoms with Gasteiger partial charge in [0.2, 0.25) is 0 Å². The zero-order chi connectivity index (χ0) is 18.5. The van der Waals surface area contributed by atoms with Gasteiger partial charge in [0.05, 0.1) is 20.1 Å². The second kappa shape index (κ2) is 8.88. The molecule has 134 valence electrons. The van der Waals surface area contributed by atoms with Gasteiger partial charge in [-0.3, -0.25) is 0 Å². The molecule has 0 bridgehead atoms. The van der Waals surface area contributed by atoms with Crippen LogP contribution in [-0.4, -0.2) is 0 Å². The van der Waals surface area contributed by atoms with Gasteiger partial charge in [-0.05, 0) is 53.6 Å². The lowest BCUT2D eigenvalue weighted by molar-refractivity contribution is 0.306. The molecule has 0 saturated heterocycles. The van der Waals surface area contributed by atoms with Crippen molar-refractivity contribution in [2.45, 2.75) is 13.2 Å². The fraction of sp³-hybridized carbons (Fsp3) is 0.100. The van der Waals surface area contributed by atoms with Gasteiger partial charge in [-0.15, -0.1) is 0 Å². The van der Waals surface area contributed by atoms with Crippen LogP contribution in [0.25, 0.3) is 0 Å². The third-order valence-electron chi connectivity index (χ3n) is 3.70. The molecule has 0 saturated carbocycles. The van der Waals surface area contributed by atoms with Crippen LogP contribution in [0.5, 0.6) is 5.75 Å². The Morgan fingerprint density at radius 3 is 2.15 bits per heavy atom. The maximum absolute atomic E-state index is 6.03. The smallest absolute Gasteiger partial charge is 0.120 e. The summed E-state index contributed by atoms with van der Waals surface area (Å²) in [5.74, 6) is 0.782. The van der Waals surface area contributed by atoms with Gasteiger partial charge in [-0.1, -0.05) is 64.6 Å². The minimum Gasteiger partial charge on any atom is -0.489 e. The second-order valence-corrected chi connectivity index (χ2v) is 7.30. The van der Waals surface area contributed by atoms with E-state index in [0.29, 0.717) is 33.2 Å². The number of anilines is 1. The molecule has 0 heterocycles. The first-order chi connectivity index (χ1) is 12.5. The summed E-state index contributed by atoms with van der Waals surface area (Å²) in [6, 6.07) is 18.8. The molecule has 1 N–H and O–H groups in total. The Morgan fingerprint density at radius 1 is 0.692 bits per heavy atom. The summed E-state index contributed by atoms with van der Waals surface area (Å²) in [7, 11) is 0. The van der Waals surface area contributed by atoms with E-state index in [0.717, 1.165) is 22.6 Å². The van der Waals surface area contributed by atoms with Crippen LogP contribution >= 0.6 is 46.4 Å². The molecule has 0 amide bonds. The molecule has 0 radical (unpaired) electrons. The van der Waals surface area contributed by atoms with Crippen LogP contribution in [0.3, 0.4) is 0 Å². The van der Waals surface area contributed by atoms with Gasteiger partial charge in [-0.25, -0.2) is 0 Å². The van der Waals surface area contributed by atoms with E-state index in [1.807, 2.05) is 36.4 Å². The van der Waals surface area contributed by atoms with Gasteiger partial charge in [-0.2, -0.15) is 0 Å². The third kappa shape index (κ3) is 5.21. The Balaban J connectivity index is 1.60. The van der Waals surface area contributed by atoms with E-state index >= 15 is 0 Å². The van der Waals surface area contributed by atoms with E-state index in [4.69, 9.17) is 51.1 Å². The van der Waals surface area contributed by atoms with E-state index in [2.05, 4.69) is 5.32 Å². The van der Waals surface area contributed by atoms with E-state index in [1.165, 1.54) is 0 Å². The molecule has 26 heavy (non-hydrogen) atoms. The first-order valence-electron chi connectivity index (χ1n) is 7.86. The highest BCUT2D eigenvalue weighted by Crippen LogP contribution is 2.26. The van der Waals surface area contributed by atoms with Gasteiger partial charge in [0.1, 0.15) is 12.4 Å². The van der Waals surface area contributed by atoms with Crippen LogP contribution in [0.4, 0.5) is 5.69 Å². The molecule has 0 aromatic heterocycles. The molecular formula is C20H15Cl4NO. The SMILES string of the molecule is Clc1ccc(COc2cccc(CNc3ccc(Cl)c(Cl)c3)c2)cc1Cl. The fourth-order valence-corrected chi connectivity index (χ4v) is 2.97. The monoisotopic (exact) mass is 425 g/mol. The van der Waals surface area contributed by atoms with E-state index < -0.39 is 0 Å². The minimum atomic E-state index is 0.417. The summed E-state index contributed by atoms with van der Waals surface area (Å²) in [4.78, 5) is 0. The predicted molar refractivity (Wildman–Crippen MR) is 111 cm³/mol. The van der Waals surface area contributed by atoms with Crippen molar-refractivity contribution < 1.29 is 4.74 Å². The zero-order valence-corrected chi connectivity index (χ0v) is 16.6. The summed E-state index contributed by atoms with van der Waals surface area (Å²) in [6.07, 6.45) is 0. The standard InChI is InChI=1S/C20H15Cl4NO/c21-17-6-4-14(9-19(17)23)12-26-16-3-1-2-13(8-16)11-25-15-5-7-18(22)20(24)10-15/h1-10,25H,11-12H2. The number of halogens is 4. The highest BCUT2D eigenvalue weighted by Gasteiger charge is 2.03. The van der Waals surface area contributed by atoms with Gasteiger partial charge >= 0.3 is 0 Å². The van der Waals surface area contributed by atoms with Crippen molar-refractivity contribution in [1.29, 1.82) is 0 Å². The second-order valence-electron chi connectivity index (χ2n) is 5.67. The molecule has 3 rings (SSSR count). The summed E-state index contributed by atoms with van der Waals surface area (Å²) in [5, 5.41) is 5.43. The molecule has 6 heteroatoms. The van der Waals surface area contributed by atoms with Gasteiger partial charge in [0.15, 0.2) is 0 Å². The molecule has 3 aromatic carbocycles. The van der Waals surface area contributed by atoms with Crippen molar-refractivity contribution in [2.24, 2.45) is 0 Å². The van der Waals surface area contributed by atoms with E-state index in [1.54, 1.807) is 24.3 Å². The number of hydrogen-bond donors (Lipinski definition) is 1. The Labute approximate surface area is 172 Å². The molecule has 0 aliphatic rings. The molecular weight excluding hydrogens is 412 g/mol. The largest absolute Gasteiger partial charge is 0.489 e. The number of rotatable bonds is 6. The Morgan fingerprint density at radius 2 is 1.42 bits per heavy atom. The third-order valence-corrected chi connectivity index (χ3v) is 5.18. The summed E-state index contributed by atoms with van der Waals surface area (Å²) in [6.45, 7) is 1.06. The molecule has 0 aliphatic heterocycles. The average Bonchev–Trinajstić information content (AvgIpc) is 2.64. The highest BCUT2D eigenvalue weighted by atomic mass is 35.5. The molecule has 0 fully saturated rings. The molecule has 3 aromatic rings. The average molecular weight is 427 g/mol. The molecule has 0 spiro atoms. The topological polar surface area (TPSA) is 21.3 Å². The lowest BCUT2D eigenvalue weighted by atomic mass is 10.2. The molecule has 0 atom stereocenters. The first-order valence-corrected chi connectivity index (χ1v) is 9.37. The quantitative estimate of drug-likeness (QED) is 0.440. The molecule has 2 nitrogen and oxygen atoms in total. The first kappa shape index (κ1) is 19.2. The van der Waals surface area contributed by atoms with Gasteiger partial charge in [0, 0.05) is 12.2 Å². The fourth-order valence-electron chi connectivity index (χ4n) is 2.35. The summed E-state index contributed by atoms with van der Waals surface area (Å²) < 4.78 is 5.85. The van der Waals surface area contributed by atoms with Crippen molar-refractivity contribution in [2.75, 3.05) is 5.32 Å². The number of benzene rings is 3. The van der Waals surface area contributed by atoms with Crippen molar-refractivity contribution in [3.63, 3.8) is 0 Å². The lowest BCUT2D eigenvalue weighted by Gasteiger charge is -2.11. The Hall–Kier alpha value is -1.58. The number of hydrogen-bond acceptors (Lipinski definition) is 2. The zero-order valence-electron chi connectivity index (χ0n) is 13.6. The van der Waals surface area contributed by atoms with Crippen LogP contribution in [0, 0.1) is 0 Å². The Kier molecular flexibility index (Phi) is 6.55. The maximum atomic E-state index is 6.03. The van der Waals surface area contributed by atoms with E-state index in [-0.39, 0.29) is 0 Å². The van der Waals surface area contributed by atoms with Crippen LogP contribution in [-0.2, 0) is 13.2 Å². The normalized spacial score (nSPS) is 10.6. The van der Waals surface area contributed by atoms with Gasteiger partial charge < -0.3 is 10.1 Å². The van der Waals surface area contributed by atoms with Crippen LogP contribution in [0.15, 0.2) is 60.7 Å². The number of ether oxygens (including phenoxy) is 1. The minimum absolute atomic E-state index is 0.417. The van der Waals surface area contributed by atoms with Crippen molar-refractivity contribution >= 4 is 52.1 Å². The van der Waals surface area contributed by atoms with Crippen molar-refractivity contribution in [1.82, 2.24) is 0 Å². The predicted octanol–water partition coefficient (Wildman–Crippen LogP) is 7.49. The summed E-state index contributed by atoms with van der Waals surface area (Å²) >= 11 is 23.9. The maximum Gasteiger partial charge on any atom is 0.120 e. The Bertz CT molecular complexity index is 843. The van der Waals surface area contributed by atoms with Crippen molar-refractivity contribution in [3.8, 4) is 5.75 Å². The summed E-state index contributed by atoms with van der Waals surface area (Å²) in [5.41, 5.74) is 2.95. The van der Waals surface area contributed by atoms with Crippen molar-refractivity contribution in [3.05, 3.63) is 91.9 Å². The van der Waals surface area contributed by atoms with Crippen LogP contribution < -0.4 is 10.1 Å². The molecule has 0 aliphatic carbocycles. The lowest BCUT2D eigenvalue weighted by Crippen LogP contribution is -2.00. The van der Waals surface area contributed by atoms with Crippen LogP contribution in [0.1, 0.15) is 11.1 Å². The molecule has 0 unspecified atom stereocenters. The van der Waals surface area contributed by atoms with E-state index in [9.17, 15) is 0 Å². The van der Waals surface area contributed by atoms with Crippen LogP contribution in [0.2, 0.25) is 20.1 Å². The van der Waals surface area contributed by atoms with Gasteiger partial charge in [0.25, 0.3) is 0 Å². The number of nitrogens with one attached hydrogen (secondary N) is 1.